The van der Waals surface area contributed by atoms with E-state index in [-0.39, 0.29) is 5.91 Å². The lowest BCUT2D eigenvalue weighted by Gasteiger charge is -2.31. The molecule has 2 N–H and O–H groups in total. The van der Waals surface area contributed by atoms with Gasteiger partial charge in [0.15, 0.2) is 0 Å². The summed E-state index contributed by atoms with van der Waals surface area (Å²) in [6.07, 6.45) is 1.98. The number of anilines is 1. The van der Waals surface area contributed by atoms with Gasteiger partial charge in [0.05, 0.1) is 10.7 Å². The number of ether oxygens (including phenoxy) is 1. The Hall–Kier alpha value is -1.26. The summed E-state index contributed by atoms with van der Waals surface area (Å²) in [5, 5.41) is 0.482. The van der Waals surface area contributed by atoms with Gasteiger partial charge in [0, 0.05) is 32.4 Å². The van der Waals surface area contributed by atoms with E-state index in [1.165, 1.54) is 0 Å². The largest absolute Gasteiger partial charge is 0.398 e. The third-order valence-electron chi connectivity index (χ3n) is 3.55. The highest BCUT2D eigenvalue weighted by atomic mass is 35.5. The van der Waals surface area contributed by atoms with Crippen LogP contribution in [0.25, 0.3) is 0 Å². The van der Waals surface area contributed by atoms with Gasteiger partial charge in [0.25, 0.3) is 5.91 Å². The van der Waals surface area contributed by atoms with Gasteiger partial charge < -0.3 is 15.4 Å². The molecule has 2 rings (SSSR count). The molecule has 5 heteroatoms. The van der Waals surface area contributed by atoms with Gasteiger partial charge in [0.1, 0.15) is 0 Å². The van der Waals surface area contributed by atoms with Crippen molar-refractivity contribution in [2.45, 2.75) is 12.8 Å². The highest BCUT2D eigenvalue weighted by Gasteiger charge is 2.23. The predicted molar refractivity (Wildman–Crippen MR) is 76.4 cm³/mol. The van der Waals surface area contributed by atoms with E-state index in [2.05, 4.69) is 0 Å². The quantitative estimate of drug-likeness (QED) is 0.866. The van der Waals surface area contributed by atoms with E-state index in [9.17, 15) is 4.79 Å². The normalized spacial score (nSPS) is 16.6. The summed E-state index contributed by atoms with van der Waals surface area (Å²) >= 11 is 5.86. The average molecular weight is 283 g/mol. The third-order valence-corrected chi connectivity index (χ3v) is 3.89. The molecule has 1 aliphatic heterocycles. The number of piperidine rings is 1. The van der Waals surface area contributed by atoms with E-state index in [1.54, 1.807) is 25.3 Å². The molecular formula is C14H19ClN2O2. The Balaban J connectivity index is 1.99. The molecule has 0 spiro atoms. The van der Waals surface area contributed by atoms with Crippen molar-refractivity contribution in [2.75, 3.05) is 32.5 Å². The lowest BCUT2D eigenvalue weighted by Crippen LogP contribution is -2.39. The van der Waals surface area contributed by atoms with Crippen molar-refractivity contribution >= 4 is 23.2 Å². The number of nitrogens with two attached hydrogens (primary N) is 1. The molecule has 0 saturated carbocycles. The highest BCUT2D eigenvalue weighted by molar-refractivity contribution is 6.33. The van der Waals surface area contributed by atoms with Crippen molar-refractivity contribution in [3.05, 3.63) is 28.8 Å². The number of amides is 1. The fraction of sp³-hybridized carbons (Fsp3) is 0.500. The van der Waals surface area contributed by atoms with E-state index >= 15 is 0 Å². The van der Waals surface area contributed by atoms with Crippen molar-refractivity contribution in [3.8, 4) is 0 Å². The van der Waals surface area contributed by atoms with Gasteiger partial charge in [0.2, 0.25) is 0 Å². The first-order valence-electron chi connectivity index (χ1n) is 6.45. The Morgan fingerprint density at radius 3 is 2.74 bits per heavy atom. The second kappa shape index (κ2) is 6.26. The minimum Gasteiger partial charge on any atom is -0.398 e. The lowest BCUT2D eigenvalue weighted by molar-refractivity contribution is 0.0613. The van der Waals surface area contributed by atoms with Crippen LogP contribution in [0.1, 0.15) is 23.2 Å². The number of nitrogens with zero attached hydrogens (tertiary/aromatic N) is 1. The predicted octanol–water partition coefficient (Wildman–Crippen LogP) is 2.42. The van der Waals surface area contributed by atoms with Crippen LogP contribution < -0.4 is 5.73 Å². The monoisotopic (exact) mass is 282 g/mol. The molecule has 0 aromatic heterocycles. The first-order valence-corrected chi connectivity index (χ1v) is 6.83. The Kier molecular flexibility index (Phi) is 4.66. The van der Waals surface area contributed by atoms with E-state index in [0.717, 1.165) is 32.5 Å². The minimum absolute atomic E-state index is 0.0271. The fourth-order valence-corrected chi connectivity index (χ4v) is 2.52. The van der Waals surface area contributed by atoms with Crippen LogP contribution in [0, 0.1) is 5.92 Å². The van der Waals surface area contributed by atoms with Gasteiger partial charge >= 0.3 is 0 Å². The van der Waals surface area contributed by atoms with Crippen molar-refractivity contribution in [1.82, 2.24) is 4.90 Å². The van der Waals surface area contributed by atoms with Gasteiger partial charge in [-0.1, -0.05) is 11.6 Å². The van der Waals surface area contributed by atoms with Crippen molar-refractivity contribution in [1.29, 1.82) is 0 Å². The molecule has 1 fully saturated rings. The summed E-state index contributed by atoms with van der Waals surface area (Å²) in [6.45, 7) is 2.32. The number of likely N-dealkylation sites (tertiary alicyclic amines) is 1. The Morgan fingerprint density at radius 2 is 2.16 bits per heavy atom. The van der Waals surface area contributed by atoms with Crippen LogP contribution in [0.15, 0.2) is 18.2 Å². The molecule has 0 atom stereocenters. The van der Waals surface area contributed by atoms with E-state index < -0.39 is 0 Å². The fourth-order valence-electron chi connectivity index (χ4n) is 2.40. The van der Waals surface area contributed by atoms with Gasteiger partial charge in [-0.3, -0.25) is 4.79 Å². The van der Waals surface area contributed by atoms with Gasteiger partial charge in [-0.25, -0.2) is 0 Å². The zero-order valence-electron chi connectivity index (χ0n) is 11.1. The van der Waals surface area contributed by atoms with Crippen molar-refractivity contribution in [2.24, 2.45) is 5.92 Å². The number of methoxy groups -OCH3 is 1. The molecule has 104 valence electrons. The molecule has 0 radical (unpaired) electrons. The molecule has 0 aliphatic carbocycles. The van der Waals surface area contributed by atoms with Gasteiger partial charge in [-0.05, 0) is 37.0 Å². The van der Waals surface area contributed by atoms with Crippen LogP contribution in [0.4, 0.5) is 5.69 Å². The van der Waals surface area contributed by atoms with Crippen LogP contribution in [0.5, 0.6) is 0 Å². The maximum atomic E-state index is 12.3. The Bertz CT molecular complexity index is 457. The number of carbonyl (C=O) groups excluding carboxylic acids is 1. The molecular weight excluding hydrogens is 264 g/mol. The van der Waals surface area contributed by atoms with E-state index in [4.69, 9.17) is 22.1 Å². The van der Waals surface area contributed by atoms with Crippen LogP contribution >= 0.6 is 11.6 Å². The molecule has 1 aromatic carbocycles. The maximum Gasteiger partial charge on any atom is 0.253 e. The summed E-state index contributed by atoms with van der Waals surface area (Å²) in [5.41, 5.74) is 6.78. The standard InChI is InChI=1S/C14H19ClN2O2/c1-19-9-10-4-6-17(7-5-10)14(18)11-2-3-12(15)13(16)8-11/h2-3,8,10H,4-7,9,16H2,1H3. The number of hydrogen-bond donors (Lipinski definition) is 1. The zero-order valence-corrected chi connectivity index (χ0v) is 11.8. The molecule has 1 heterocycles. The van der Waals surface area contributed by atoms with Crippen LogP contribution in [-0.4, -0.2) is 37.6 Å². The second-order valence-corrected chi connectivity index (χ2v) is 5.33. The molecule has 0 unspecified atom stereocenters. The Morgan fingerprint density at radius 1 is 1.47 bits per heavy atom. The third kappa shape index (κ3) is 3.39. The van der Waals surface area contributed by atoms with Crippen LogP contribution in [0.2, 0.25) is 5.02 Å². The summed E-state index contributed by atoms with van der Waals surface area (Å²) in [6, 6.07) is 5.04. The number of rotatable bonds is 3. The van der Waals surface area contributed by atoms with E-state index in [1.807, 2.05) is 4.90 Å². The van der Waals surface area contributed by atoms with Crippen molar-refractivity contribution < 1.29 is 9.53 Å². The van der Waals surface area contributed by atoms with Gasteiger partial charge in [-0.15, -0.1) is 0 Å². The molecule has 19 heavy (non-hydrogen) atoms. The zero-order chi connectivity index (χ0) is 13.8. The number of hydrogen-bond acceptors (Lipinski definition) is 3. The summed E-state index contributed by atoms with van der Waals surface area (Å²) in [7, 11) is 1.72. The SMILES string of the molecule is COCC1CCN(C(=O)c2ccc(Cl)c(N)c2)CC1. The number of halogens is 1. The number of carbonyl (C=O) groups is 1. The average Bonchev–Trinajstić information content (AvgIpc) is 2.42. The lowest BCUT2D eigenvalue weighted by atomic mass is 9.97. The maximum absolute atomic E-state index is 12.3. The van der Waals surface area contributed by atoms with E-state index in [0.29, 0.717) is 22.2 Å². The minimum atomic E-state index is 0.0271. The topological polar surface area (TPSA) is 55.6 Å². The molecule has 4 nitrogen and oxygen atoms in total. The van der Waals surface area contributed by atoms with Gasteiger partial charge in [-0.2, -0.15) is 0 Å². The van der Waals surface area contributed by atoms with Crippen molar-refractivity contribution in [3.63, 3.8) is 0 Å². The number of nitrogen functional groups attached to an aromatic ring is 1. The smallest absolute Gasteiger partial charge is 0.253 e. The molecule has 0 bridgehead atoms. The molecule has 1 saturated heterocycles. The second-order valence-electron chi connectivity index (χ2n) is 4.93. The first kappa shape index (κ1) is 14.2. The molecule has 1 aromatic rings. The summed E-state index contributed by atoms with van der Waals surface area (Å²) in [5.74, 6) is 0.587. The Labute approximate surface area is 118 Å². The van der Waals surface area contributed by atoms with Crippen LogP contribution in [-0.2, 0) is 4.74 Å². The molecule has 1 aliphatic rings. The number of benzene rings is 1. The molecule has 1 amide bonds. The summed E-state index contributed by atoms with van der Waals surface area (Å²) < 4.78 is 5.16. The first-order chi connectivity index (χ1) is 9.11. The highest BCUT2D eigenvalue weighted by Crippen LogP contribution is 2.23. The van der Waals surface area contributed by atoms with Crippen LogP contribution in [0.3, 0.4) is 0 Å². The summed E-state index contributed by atoms with van der Waals surface area (Å²) in [4.78, 5) is 14.2.